The zero-order chi connectivity index (χ0) is 12.4. The van der Waals surface area contributed by atoms with Gasteiger partial charge in [-0.05, 0) is 25.8 Å². The smallest absolute Gasteiger partial charge is 0.124 e. The molecule has 1 aliphatic heterocycles. The standard InChI is InChI=1S/C15H19N3/c1-2-12-14(11-7-4-3-5-8-11)18-15(17-12)13-9-6-10-16-13/h3-5,7-8,13,16H,2,6,9-10H2,1H3,(H,17,18). The van der Waals surface area contributed by atoms with E-state index in [0.717, 1.165) is 24.5 Å². The van der Waals surface area contributed by atoms with Gasteiger partial charge in [-0.3, -0.25) is 0 Å². The fourth-order valence-corrected chi connectivity index (χ4v) is 2.60. The molecule has 1 aliphatic rings. The second-order valence-corrected chi connectivity index (χ2v) is 4.82. The molecule has 1 fully saturated rings. The zero-order valence-electron chi connectivity index (χ0n) is 10.7. The highest BCUT2D eigenvalue weighted by atomic mass is 15.0. The maximum Gasteiger partial charge on any atom is 0.124 e. The normalized spacial score (nSPS) is 19.3. The van der Waals surface area contributed by atoms with Crippen LogP contribution < -0.4 is 5.32 Å². The summed E-state index contributed by atoms with van der Waals surface area (Å²) in [6, 6.07) is 10.8. The van der Waals surface area contributed by atoms with Crippen molar-refractivity contribution in [2.45, 2.75) is 32.2 Å². The van der Waals surface area contributed by atoms with Gasteiger partial charge in [0, 0.05) is 11.3 Å². The van der Waals surface area contributed by atoms with Gasteiger partial charge >= 0.3 is 0 Å². The Labute approximate surface area is 108 Å². The molecule has 0 aliphatic carbocycles. The molecule has 2 heterocycles. The van der Waals surface area contributed by atoms with Crippen molar-refractivity contribution in [2.24, 2.45) is 0 Å². The summed E-state index contributed by atoms with van der Waals surface area (Å²) < 4.78 is 0. The average molecular weight is 241 g/mol. The number of nitrogens with one attached hydrogen (secondary N) is 2. The summed E-state index contributed by atoms with van der Waals surface area (Å²) in [5.41, 5.74) is 3.56. The maximum absolute atomic E-state index is 4.82. The third kappa shape index (κ3) is 2.06. The summed E-state index contributed by atoms with van der Waals surface area (Å²) in [6.45, 7) is 3.28. The van der Waals surface area contributed by atoms with E-state index >= 15 is 0 Å². The lowest BCUT2D eigenvalue weighted by Crippen LogP contribution is -2.14. The van der Waals surface area contributed by atoms with Crippen molar-refractivity contribution >= 4 is 0 Å². The quantitative estimate of drug-likeness (QED) is 0.867. The second kappa shape index (κ2) is 4.94. The molecule has 1 aromatic carbocycles. The van der Waals surface area contributed by atoms with Gasteiger partial charge in [-0.1, -0.05) is 37.3 Å². The molecule has 0 spiro atoms. The van der Waals surface area contributed by atoms with E-state index in [1.807, 2.05) is 6.07 Å². The number of rotatable bonds is 3. The van der Waals surface area contributed by atoms with E-state index in [1.54, 1.807) is 0 Å². The number of aryl methyl sites for hydroxylation is 1. The van der Waals surface area contributed by atoms with Gasteiger partial charge in [-0.15, -0.1) is 0 Å². The first-order chi connectivity index (χ1) is 8.88. The predicted octanol–water partition coefficient (Wildman–Crippen LogP) is 3.06. The molecule has 94 valence electrons. The van der Waals surface area contributed by atoms with E-state index < -0.39 is 0 Å². The van der Waals surface area contributed by atoms with E-state index in [1.165, 1.54) is 24.1 Å². The Morgan fingerprint density at radius 2 is 2.11 bits per heavy atom. The number of H-pyrrole nitrogens is 1. The van der Waals surface area contributed by atoms with Crippen molar-refractivity contribution in [3.8, 4) is 11.3 Å². The molecule has 0 bridgehead atoms. The molecule has 0 radical (unpaired) electrons. The van der Waals surface area contributed by atoms with E-state index in [2.05, 4.69) is 41.5 Å². The van der Waals surface area contributed by atoms with Crippen molar-refractivity contribution in [3.63, 3.8) is 0 Å². The Morgan fingerprint density at radius 3 is 2.78 bits per heavy atom. The second-order valence-electron chi connectivity index (χ2n) is 4.82. The van der Waals surface area contributed by atoms with Crippen LogP contribution in [-0.4, -0.2) is 16.5 Å². The van der Waals surface area contributed by atoms with Gasteiger partial charge in [-0.2, -0.15) is 0 Å². The van der Waals surface area contributed by atoms with Crippen molar-refractivity contribution in [1.29, 1.82) is 0 Å². The van der Waals surface area contributed by atoms with Gasteiger partial charge in [0.1, 0.15) is 5.82 Å². The molecular formula is C15H19N3. The molecule has 2 N–H and O–H groups in total. The molecule has 1 saturated heterocycles. The van der Waals surface area contributed by atoms with Gasteiger partial charge < -0.3 is 10.3 Å². The molecule has 0 saturated carbocycles. The van der Waals surface area contributed by atoms with Gasteiger partial charge in [-0.25, -0.2) is 4.98 Å². The van der Waals surface area contributed by atoms with Gasteiger partial charge in [0.25, 0.3) is 0 Å². The molecule has 1 atom stereocenters. The Hall–Kier alpha value is -1.61. The van der Waals surface area contributed by atoms with E-state index in [-0.39, 0.29) is 0 Å². The lowest BCUT2D eigenvalue weighted by Gasteiger charge is -2.04. The first-order valence-corrected chi connectivity index (χ1v) is 6.76. The van der Waals surface area contributed by atoms with Crippen LogP contribution in [0.1, 0.15) is 37.3 Å². The van der Waals surface area contributed by atoms with Gasteiger partial charge in [0.05, 0.1) is 11.7 Å². The number of imidazole rings is 1. The van der Waals surface area contributed by atoms with Crippen LogP contribution in [-0.2, 0) is 6.42 Å². The van der Waals surface area contributed by atoms with Crippen LogP contribution in [0, 0.1) is 0 Å². The Bertz CT molecular complexity index is 510. The highest BCUT2D eigenvalue weighted by Gasteiger charge is 2.21. The number of hydrogen-bond donors (Lipinski definition) is 2. The molecule has 2 aromatic rings. The molecule has 18 heavy (non-hydrogen) atoms. The molecule has 1 aromatic heterocycles. The molecule has 3 nitrogen and oxygen atoms in total. The van der Waals surface area contributed by atoms with Crippen LogP contribution in [0.4, 0.5) is 0 Å². The minimum Gasteiger partial charge on any atom is -0.344 e. The third-order valence-corrected chi connectivity index (χ3v) is 3.59. The lowest BCUT2D eigenvalue weighted by molar-refractivity contribution is 0.611. The largest absolute Gasteiger partial charge is 0.344 e. The van der Waals surface area contributed by atoms with Crippen LogP contribution >= 0.6 is 0 Å². The van der Waals surface area contributed by atoms with Gasteiger partial charge in [0.15, 0.2) is 0 Å². The monoisotopic (exact) mass is 241 g/mol. The highest BCUT2D eigenvalue weighted by molar-refractivity contribution is 5.62. The Balaban J connectivity index is 1.98. The minimum atomic E-state index is 0.410. The van der Waals surface area contributed by atoms with Crippen LogP contribution in [0.3, 0.4) is 0 Å². The SMILES string of the molecule is CCc1[nH]c(C2CCCN2)nc1-c1ccccc1. The van der Waals surface area contributed by atoms with Crippen molar-refractivity contribution < 1.29 is 0 Å². The molecule has 1 unspecified atom stereocenters. The van der Waals surface area contributed by atoms with Crippen molar-refractivity contribution in [3.05, 3.63) is 41.9 Å². The third-order valence-electron chi connectivity index (χ3n) is 3.59. The maximum atomic E-state index is 4.82. The first kappa shape index (κ1) is 11.5. The summed E-state index contributed by atoms with van der Waals surface area (Å²) in [5.74, 6) is 1.10. The lowest BCUT2D eigenvalue weighted by atomic mass is 10.1. The summed E-state index contributed by atoms with van der Waals surface area (Å²) >= 11 is 0. The fourth-order valence-electron chi connectivity index (χ4n) is 2.60. The summed E-state index contributed by atoms with van der Waals surface area (Å²) in [6.07, 6.45) is 3.42. The van der Waals surface area contributed by atoms with E-state index in [4.69, 9.17) is 4.98 Å². The number of aromatic amines is 1. The predicted molar refractivity (Wildman–Crippen MR) is 73.4 cm³/mol. The summed E-state index contributed by atoms with van der Waals surface area (Å²) in [5, 5.41) is 3.50. The first-order valence-electron chi connectivity index (χ1n) is 6.76. The minimum absolute atomic E-state index is 0.410. The number of hydrogen-bond acceptors (Lipinski definition) is 2. The Kier molecular flexibility index (Phi) is 3.15. The van der Waals surface area contributed by atoms with E-state index in [9.17, 15) is 0 Å². The van der Waals surface area contributed by atoms with Crippen LogP contribution in [0.5, 0.6) is 0 Å². The summed E-state index contributed by atoms with van der Waals surface area (Å²) in [7, 11) is 0. The molecule has 3 rings (SSSR count). The molecule has 0 amide bonds. The molecule has 3 heteroatoms. The van der Waals surface area contributed by atoms with Crippen LogP contribution in [0.2, 0.25) is 0 Å². The molecular weight excluding hydrogens is 222 g/mol. The fraction of sp³-hybridized carbons (Fsp3) is 0.400. The number of benzene rings is 1. The van der Waals surface area contributed by atoms with Gasteiger partial charge in [0.2, 0.25) is 0 Å². The average Bonchev–Trinajstić information content (AvgIpc) is 3.08. The number of nitrogens with zero attached hydrogens (tertiary/aromatic N) is 1. The summed E-state index contributed by atoms with van der Waals surface area (Å²) in [4.78, 5) is 8.31. The van der Waals surface area contributed by atoms with E-state index in [0.29, 0.717) is 6.04 Å². The number of aromatic nitrogens is 2. The van der Waals surface area contributed by atoms with Crippen molar-refractivity contribution in [1.82, 2.24) is 15.3 Å². The van der Waals surface area contributed by atoms with Crippen LogP contribution in [0.25, 0.3) is 11.3 Å². The Morgan fingerprint density at radius 1 is 1.28 bits per heavy atom. The van der Waals surface area contributed by atoms with Crippen molar-refractivity contribution in [2.75, 3.05) is 6.54 Å². The highest BCUT2D eigenvalue weighted by Crippen LogP contribution is 2.27. The van der Waals surface area contributed by atoms with Crippen LogP contribution in [0.15, 0.2) is 30.3 Å². The zero-order valence-corrected chi connectivity index (χ0v) is 10.7. The topological polar surface area (TPSA) is 40.7 Å².